The van der Waals surface area contributed by atoms with E-state index in [2.05, 4.69) is 20.0 Å². The van der Waals surface area contributed by atoms with Crippen molar-refractivity contribution in [3.63, 3.8) is 0 Å². The van der Waals surface area contributed by atoms with Crippen LogP contribution >= 0.6 is 0 Å². The normalized spacial score (nSPS) is 18.5. The quantitative estimate of drug-likeness (QED) is 0.780. The van der Waals surface area contributed by atoms with Crippen molar-refractivity contribution in [2.24, 2.45) is 0 Å². The predicted octanol–water partition coefficient (Wildman–Crippen LogP) is 1.07. The maximum Gasteiger partial charge on any atom is 0.272 e. The Labute approximate surface area is 132 Å². The second-order valence-corrected chi connectivity index (χ2v) is 5.67. The van der Waals surface area contributed by atoms with Gasteiger partial charge < -0.3 is 4.74 Å². The van der Waals surface area contributed by atoms with E-state index in [1.807, 2.05) is 18.2 Å². The minimum atomic E-state index is -0.0875. The summed E-state index contributed by atoms with van der Waals surface area (Å²) in [7, 11) is 0. The van der Waals surface area contributed by atoms with Crippen LogP contribution in [-0.2, 0) is 6.54 Å². The number of pyridine rings is 1. The zero-order valence-electron chi connectivity index (χ0n) is 12.6. The highest BCUT2D eigenvalue weighted by molar-refractivity contribution is 5.36. The topological polar surface area (TPSA) is 75.5 Å². The molecule has 0 aliphatic carbocycles. The molecule has 7 nitrogen and oxygen atoms in total. The molecule has 1 unspecified atom stereocenters. The number of nitrogens with one attached hydrogen (secondary N) is 1. The molecule has 3 aromatic heterocycles. The molecule has 7 heteroatoms. The van der Waals surface area contributed by atoms with Crippen LogP contribution in [-0.4, -0.2) is 43.7 Å². The smallest absolute Gasteiger partial charge is 0.272 e. The molecule has 1 N–H and O–H groups in total. The van der Waals surface area contributed by atoms with Crippen LogP contribution in [0.1, 0.15) is 12.1 Å². The third-order valence-electron chi connectivity index (χ3n) is 3.97. The molecular formula is C16H17N5O2. The van der Waals surface area contributed by atoms with Gasteiger partial charge in [-0.2, -0.15) is 0 Å². The maximum atomic E-state index is 12.0. The molecule has 1 saturated heterocycles. The molecule has 118 valence electrons. The minimum Gasteiger partial charge on any atom is -0.473 e. The van der Waals surface area contributed by atoms with Gasteiger partial charge in [-0.15, -0.1) is 0 Å². The van der Waals surface area contributed by atoms with E-state index in [4.69, 9.17) is 4.74 Å². The van der Waals surface area contributed by atoms with Crippen LogP contribution in [0.3, 0.4) is 0 Å². The van der Waals surface area contributed by atoms with Crippen LogP contribution in [0.2, 0.25) is 0 Å². The van der Waals surface area contributed by atoms with E-state index >= 15 is 0 Å². The summed E-state index contributed by atoms with van der Waals surface area (Å²) in [5, 5.41) is 2.84. The zero-order valence-corrected chi connectivity index (χ0v) is 12.6. The summed E-state index contributed by atoms with van der Waals surface area (Å²) in [4.78, 5) is 22.9. The van der Waals surface area contributed by atoms with Gasteiger partial charge in [-0.05, 0) is 12.5 Å². The first-order chi connectivity index (χ1) is 11.3. The Balaban J connectivity index is 1.42. The van der Waals surface area contributed by atoms with Gasteiger partial charge in [0, 0.05) is 50.2 Å². The van der Waals surface area contributed by atoms with Gasteiger partial charge in [0.1, 0.15) is 6.10 Å². The van der Waals surface area contributed by atoms with Crippen LogP contribution in [0, 0.1) is 0 Å². The predicted molar refractivity (Wildman–Crippen MR) is 84.4 cm³/mol. The number of aromatic nitrogens is 4. The van der Waals surface area contributed by atoms with Crippen molar-refractivity contribution < 1.29 is 4.74 Å². The second-order valence-electron chi connectivity index (χ2n) is 5.67. The first-order valence-electron chi connectivity index (χ1n) is 7.64. The van der Waals surface area contributed by atoms with Crippen molar-refractivity contribution in [3.05, 3.63) is 58.8 Å². The van der Waals surface area contributed by atoms with E-state index in [0.717, 1.165) is 25.2 Å². The molecule has 0 spiro atoms. The molecule has 0 radical (unpaired) electrons. The Morgan fingerprint density at radius 3 is 3.17 bits per heavy atom. The third kappa shape index (κ3) is 2.95. The number of ether oxygens (including phenoxy) is 1. The monoisotopic (exact) mass is 311 g/mol. The lowest BCUT2D eigenvalue weighted by Gasteiger charge is -2.16. The van der Waals surface area contributed by atoms with Gasteiger partial charge in [-0.3, -0.25) is 14.8 Å². The molecule has 0 aromatic carbocycles. The van der Waals surface area contributed by atoms with Crippen LogP contribution in [0.15, 0.2) is 47.5 Å². The highest BCUT2D eigenvalue weighted by Crippen LogP contribution is 2.17. The van der Waals surface area contributed by atoms with E-state index in [1.165, 1.54) is 4.52 Å². The number of fused-ring (bicyclic) bond motifs is 1. The van der Waals surface area contributed by atoms with Gasteiger partial charge in [0.05, 0.1) is 5.69 Å². The number of hydrogen-bond acceptors (Lipinski definition) is 5. The van der Waals surface area contributed by atoms with Crippen molar-refractivity contribution in [1.82, 2.24) is 24.5 Å². The van der Waals surface area contributed by atoms with E-state index in [0.29, 0.717) is 18.1 Å². The lowest BCUT2D eigenvalue weighted by atomic mass is 10.3. The Hall–Kier alpha value is -2.67. The highest BCUT2D eigenvalue weighted by Gasteiger charge is 2.24. The fourth-order valence-corrected chi connectivity index (χ4v) is 2.91. The number of rotatable bonds is 4. The lowest BCUT2D eigenvalue weighted by molar-refractivity contribution is 0.191. The standard InChI is InChI=1S/C16H17N5O2/c22-16-9-12(19-14-4-7-18-21(14)16)10-20-8-5-13(11-20)23-15-3-1-2-6-17-15/h1-4,6-7,9,13,18H,5,8,10-11H2. The Morgan fingerprint density at radius 1 is 1.35 bits per heavy atom. The van der Waals surface area contributed by atoms with Crippen molar-refractivity contribution in [2.45, 2.75) is 19.1 Å². The summed E-state index contributed by atoms with van der Waals surface area (Å²) in [6, 6.07) is 9.02. The SMILES string of the molecule is O=c1cc(CN2CCC(Oc3ccccn3)C2)nc2cc[nH]n12. The van der Waals surface area contributed by atoms with Crippen LogP contribution in [0.5, 0.6) is 5.88 Å². The number of nitrogens with zero attached hydrogens (tertiary/aromatic N) is 4. The largest absolute Gasteiger partial charge is 0.473 e. The van der Waals surface area contributed by atoms with Gasteiger partial charge >= 0.3 is 0 Å². The summed E-state index contributed by atoms with van der Waals surface area (Å²) in [6.45, 7) is 2.38. The van der Waals surface area contributed by atoms with Gasteiger partial charge in [-0.1, -0.05) is 6.07 Å². The Bertz CT molecular complexity index is 858. The maximum absolute atomic E-state index is 12.0. The highest BCUT2D eigenvalue weighted by atomic mass is 16.5. The van der Waals surface area contributed by atoms with Gasteiger partial charge in [-0.25, -0.2) is 14.5 Å². The summed E-state index contributed by atoms with van der Waals surface area (Å²) in [5.41, 5.74) is 1.34. The molecule has 0 amide bonds. The lowest BCUT2D eigenvalue weighted by Crippen LogP contribution is -2.26. The minimum absolute atomic E-state index is 0.0875. The molecule has 3 aromatic rings. The van der Waals surface area contributed by atoms with Crippen molar-refractivity contribution in [1.29, 1.82) is 0 Å². The fraction of sp³-hybridized carbons (Fsp3) is 0.312. The Morgan fingerprint density at radius 2 is 2.30 bits per heavy atom. The molecule has 4 heterocycles. The first kappa shape index (κ1) is 14.0. The molecular weight excluding hydrogens is 294 g/mol. The van der Waals surface area contributed by atoms with Crippen LogP contribution in [0.4, 0.5) is 0 Å². The number of H-pyrrole nitrogens is 1. The fourth-order valence-electron chi connectivity index (χ4n) is 2.91. The summed E-state index contributed by atoms with van der Waals surface area (Å²) < 4.78 is 7.31. The van der Waals surface area contributed by atoms with E-state index in [9.17, 15) is 4.79 Å². The van der Waals surface area contributed by atoms with E-state index in [1.54, 1.807) is 24.5 Å². The van der Waals surface area contributed by atoms with Gasteiger partial charge in [0.2, 0.25) is 5.88 Å². The summed E-state index contributed by atoms with van der Waals surface area (Å²) in [6.07, 6.45) is 4.51. The molecule has 0 bridgehead atoms. The van der Waals surface area contributed by atoms with Crippen LogP contribution < -0.4 is 10.3 Å². The average Bonchev–Trinajstić information content (AvgIpc) is 3.18. The van der Waals surface area contributed by atoms with Crippen LogP contribution in [0.25, 0.3) is 5.65 Å². The molecule has 4 rings (SSSR count). The molecule has 1 fully saturated rings. The molecule has 1 atom stereocenters. The van der Waals surface area contributed by atoms with Crippen molar-refractivity contribution in [3.8, 4) is 5.88 Å². The molecule has 23 heavy (non-hydrogen) atoms. The molecule has 1 aliphatic rings. The van der Waals surface area contributed by atoms with Crippen molar-refractivity contribution in [2.75, 3.05) is 13.1 Å². The molecule has 1 aliphatic heterocycles. The Kier molecular flexibility index (Phi) is 3.55. The zero-order chi connectivity index (χ0) is 15.6. The number of likely N-dealkylation sites (tertiary alicyclic amines) is 1. The average molecular weight is 311 g/mol. The second kappa shape index (κ2) is 5.85. The number of aromatic amines is 1. The molecule has 0 saturated carbocycles. The van der Waals surface area contributed by atoms with Gasteiger partial charge in [0.15, 0.2) is 5.65 Å². The first-order valence-corrected chi connectivity index (χ1v) is 7.64. The summed E-state index contributed by atoms with van der Waals surface area (Å²) in [5.74, 6) is 0.657. The third-order valence-corrected chi connectivity index (χ3v) is 3.97. The number of hydrogen-bond donors (Lipinski definition) is 1. The summed E-state index contributed by atoms with van der Waals surface area (Å²) >= 11 is 0. The van der Waals surface area contributed by atoms with Crippen molar-refractivity contribution >= 4 is 5.65 Å². The van der Waals surface area contributed by atoms with E-state index in [-0.39, 0.29) is 11.7 Å². The van der Waals surface area contributed by atoms with Gasteiger partial charge in [0.25, 0.3) is 5.56 Å². The van der Waals surface area contributed by atoms with E-state index < -0.39 is 0 Å².